The van der Waals surface area contributed by atoms with Gasteiger partial charge in [0.15, 0.2) is 0 Å². The number of carbonyl (C=O) groups excluding carboxylic acids is 1. The van der Waals surface area contributed by atoms with E-state index in [9.17, 15) is 14.2 Å². The first-order valence-electron chi connectivity index (χ1n) is 6.59. The maximum absolute atomic E-state index is 12.8. The molecule has 1 aliphatic heterocycles. The normalized spacial score (nSPS) is 16.7. The van der Waals surface area contributed by atoms with Crippen molar-refractivity contribution in [1.82, 2.24) is 0 Å². The Bertz CT molecular complexity index is 690. The van der Waals surface area contributed by atoms with Crippen LogP contribution in [-0.4, -0.2) is 18.0 Å². The van der Waals surface area contributed by atoms with Crippen molar-refractivity contribution in [2.75, 3.05) is 5.32 Å². The zero-order chi connectivity index (χ0) is 15.0. The molecule has 2 N–H and O–H groups in total. The van der Waals surface area contributed by atoms with Crippen LogP contribution in [0.15, 0.2) is 42.5 Å². The number of amides is 1. The van der Waals surface area contributed by atoms with Crippen LogP contribution in [0.4, 0.5) is 10.1 Å². The molecule has 1 unspecified atom stereocenters. The molecule has 2 aromatic carbocycles. The van der Waals surface area contributed by atoms with Crippen molar-refractivity contribution in [2.45, 2.75) is 13.0 Å². The number of halogens is 1. The maximum atomic E-state index is 12.8. The Kier molecular flexibility index (Phi) is 3.49. The lowest BCUT2D eigenvalue weighted by Gasteiger charge is -2.08. The van der Waals surface area contributed by atoms with Crippen molar-refractivity contribution in [2.24, 2.45) is 0 Å². The molecule has 0 radical (unpaired) electrons. The van der Waals surface area contributed by atoms with Gasteiger partial charge in [-0.1, -0.05) is 6.07 Å². The summed E-state index contributed by atoms with van der Waals surface area (Å²) >= 11 is 0. The SMILES string of the molecule is CC1OB(O)c2cc(NC(=O)c3ccc(F)cc3)ccc21. The quantitative estimate of drug-likeness (QED) is 0.828. The average Bonchev–Trinajstić information content (AvgIpc) is 2.74. The van der Waals surface area contributed by atoms with Crippen LogP contribution < -0.4 is 10.8 Å². The monoisotopic (exact) mass is 285 g/mol. The lowest BCUT2D eigenvalue weighted by atomic mass is 9.79. The lowest BCUT2D eigenvalue weighted by molar-refractivity contribution is 0.102. The third kappa shape index (κ3) is 2.68. The third-order valence-electron chi connectivity index (χ3n) is 3.49. The van der Waals surface area contributed by atoms with E-state index in [-0.39, 0.29) is 12.0 Å². The summed E-state index contributed by atoms with van der Waals surface area (Å²) in [6, 6.07) is 10.5. The van der Waals surface area contributed by atoms with E-state index in [4.69, 9.17) is 4.65 Å². The number of benzene rings is 2. The van der Waals surface area contributed by atoms with Crippen molar-refractivity contribution in [3.8, 4) is 0 Å². The summed E-state index contributed by atoms with van der Waals surface area (Å²) in [4.78, 5) is 12.0. The molecule has 0 spiro atoms. The second kappa shape index (κ2) is 5.31. The van der Waals surface area contributed by atoms with Crippen molar-refractivity contribution < 1.29 is 18.9 Å². The molecule has 0 bridgehead atoms. The average molecular weight is 285 g/mol. The zero-order valence-corrected chi connectivity index (χ0v) is 11.3. The first kappa shape index (κ1) is 13.8. The van der Waals surface area contributed by atoms with E-state index in [1.54, 1.807) is 12.1 Å². The minimum atomic E-state index is -0.974. The number of hydrogen-bond acceptors (Lipinski definition) is 3. The summed E-state index contributed by atoms with van der Waals surface area (Å²) in [5.74, 6) is -0.727. The fraction of sp³-hybridized carbons (Fsp3) is 0.133. The van der Waals surface area contributed by atoms with Crippen molar-refractivity contribution in [3.05, 3.63) is 59.4 Å². The van der Waals surface area contributed by atoms with Gasteiger partial charge in [0, 0.05) is 11.3 Å². The lowest BCUT2D eigenvalue weighted by Crippen LogP contribution is -2.28. The second-order valence-corrected chi connectivity index (χ2v) is 4.94. The first-order chi connectivity index (χ1) is 10.0. The zero-order valence-electron chi connectivity index (χ0n) is 11.3. The van der Waals surface area contributed by atoms with E-state index in [1.807, 2.05) is 13.0 Å². The standard InChI is InChI=1S/C15H13BFNO3/c1-9-13-7-6-12(8-14(13)16(20)21-9)18-15(19)10-2-4-11(17)5-3-10/h2-9,20H,1H3,(H,18,19). The topological polar surface area (TPSA) is 58.6 Å². The van der Waals surface area contributed by atoms with Crippen molar-refractivity contribution in [1.29, 1.82) is 0 Å². The predicted octanol–water partition coefficient (Wildman–Crippen LogP) is 1.86. The summed E-state index contributed by atoms with van der Waals surface area (Å²) in [6.45, 7) is 1.85. The minimum absolute atomic E-state index is 0.170. The largest absolute Gasteiger partial charge is 0.492 e. The Morgan fingerprint density at radius 2 is 2.00 bits per heavy atom. The highest BCUT2D eigenvalue weighted by molar-refractivity contribution is 6.61. The molecule has 106 valence electrons. The van der Waals surface area contributed by atoms with Crippen LogP contribution in [0, 0.1) is 5.82 Å². The molecular weight excluding hydrogens is 272 g/mol. The fourth-order valence-electron chi connectivity index (χ4n) is 2.38. The Labute approximate surface area is 121 Å². The van der Waals surface area contributed by atoms with Crippen molar-refractivity contribution in [3.63, 3.8) is 0 Å². The van der Waals surface area contributed by atoms with Crippen LogP contribution >= 0.6 is 0 Å². The van der Waals surface area contributed by atoms with Gasteiger partial charge >= 0.3 is 7.12 Å². The van der Waals surface area contributed by atoms with Gasteiger partial charge in [0.25, 0.3) is 5.91 Å². The summed E-state index contributed by atoms with van der Waals surface area (Å²) in [5.41, 5.74) is 2.48. The van der Waals surface area contributed by atoms with Gasteiger partial charge in [-0.25, -0.2) is 4.39 Å². The molecule has 1 atom stereocenters. The highest BCUT2D eigenvalue weighted by Crippen LogP contribution is 2.24. The maximum Gasteiger partial charge on any atom is 0.492 e. The molecule has 1 heterocycles. The Balaban J connectivity index is 1.81. The molecule has 2 aromatic rings. The van der Waals surface area contributed by atoms with Gasteiger partial charge in [-0.05, 0) is 54.3 Å². The van der Waals surface area contributed by atoms with Gasteiger partial charge in [-0.15, -0.1) is 0 Å². The summed E-state index contributed by atoms with van der Waals surface area (Å²) < 4.78 is 18.1. The molecule has 1 amide bonds. The molecule has 0 aliphatic carbocycles. The molecule has 6 heteroatoms. The second-order valence-electron chi connectivity index (χ2n) is 4.94. The van der Waals surface area contributed by atoms with E-state index < -0.39 is 12.9 Å². The number of nitrogens with one attached hydrogen (secondary N) is 1. The smallest absolute Gasteiger partial charge is 0.423 e. The minimum Gasteiger partial charge on any atom is -0.423 e. The molecule has 1 aliphatic rings. The molecule has 0 fully saturated rings. The van der Waals surface area contributed by atoms with Crippen LogP contribution in [0.25, 0.3) is 0 Å². The molecular formula is C15H13BFNO3. The Morgan fingerprint density at radius 3 is 2.71 bits per heavy atom. The number of rotatable bonds is 2. The molecule has 0 saturated carbocycles. The van der Waals surface area contributed by atoms with Gasteiger partial charge in [0.1, 0.15) is 5.82 Å². The van der Waals surface area contributed by atoms with Gasteiger partial charge in [-0.2, -0.15) is 0 Å². The summed E-state index contributed by atoms with van der Waals surface area (Å²) in [7, 11) is -0.974. The number of hydrogen-bond donors (Lipinski definition) is 2. The fourth-order valence-corrected chi connectivity index (χ4v) is 2.38. The van der Waals surface area contributed by atoms with E-state index in [0.29, 0.717) is 16.7 Å². The van der Waals surface area contributed by atoms with Crippen LogP contribution in [-0.2, 0) is 4.65 Å². The third-order valence-corrected chi connectivity index (χ3v) is 3.49. The van der Waals surface area contributed by atoms with Crippen LogP contribution in [0.5, 0.6) is 0 Å². The molecule has 0 saturated heterocycles. The molecule has 3 rings (SSSR count). The number of anilines is 1. The van der Waals surface area contributed by atoms with E-state index >= 15 is 0 Å². The van der Waals surface area contributed by atoms with E-state index in [1.165, 1.54) is 24.3 Å². The summed E-state index contributed by atoms with van der Waals surface area (Å²) in [6.07, 6.45) is -0.170. The number of carbonyl (C=O) groups is 1. The van der Waals surface area contributed by atoms with Crippen LogP contribution in [0.3, 0.4) is 0 Å². The highest BCUT2D eigenvalue weighted by atomic mass is 19.1. The van der Waals surface area contributed by atoms with Crippen LogP contribution in [0.2, 0.25) is 0 Å². The first-order valence-corrected chi connectivity index (χ1v) is 6.59. The van der Waals surface area contributed by atoms with Crippen molar-refractivity contribution >= 4 is 24.2 Å². The predicted molar refractivity (Wildman–Crippen MR) is 77.9 cm³/mol. The van der Waals surface area contributed by atoms with Gasteiger partial charge < -0.3 is 15.0 Å². The Hall–Kier alpha value is -2.18. The van der Waals surface area contributed by atoms with Gasteiger partial charge in [0.05, 0.1) is 6.10 Å². The van der Waals surface area contributed by atoms with Gasteiger partial charge in [-0.3, -0.25) is 4.79 Å². The molecule has 4 nitrogen and oxygen atoms in total. The highest BCUT2D eigenvalue weighted by Gasteiger charge is 2.32. The summed E-state index contributed by atoms with van der Waals surface area (Å²) in [5, 5.41) is 12.5. The molecule has 21 heavy (non-hydrogen) atoms. The van der Waals surface area contributed by atoms with E-state index in [2.05, 4.69) is 5.32 Å². The van der Waals surface area contributed by atoms with Crippen LogP contribution in [0.1, 0.15) is 28.9 Å². The van der Waals surface area contributed by atoms with Gasteiger partial charge in [0.2, 0.25) is 0 Å². The Morgan fingerprint density at radius 1 is 1.29 bits per heavy atom. The molecule has 0 aromatic heterocycles. The van der Waals surface area contributed by atoms with E-state index in [0.717, 1.165) is 5.56 Å². The number of fused-ring (bicyclic) bond motifs is 1.